The van der Waals surface area contributed by atoms with Gasteiger partial charge in [0.05, 0.1) is 7.11 Å². The first-order valence-electron chi connectivity index (χ1n) is 5.41. The maximum absolute atomic E-state index is 5.19. The second kappa shape index (κ2) is 4.82. The number of anilines is 1. The summed E-state index contributed by atoms with van der Waals surface area (Å²) in [5.74, 6) is 2.32. The standard InChI is InChI=1S/C13H15N3O/c1-9-7-12(14-2)16-13(15-9)10-5-4-6-11(8-10)17-3/h4-8H,1-3H3,(H,14,15,16). The molecule has 0 fully saturated rings. The van der Waals surface area contributed by atoms with E-state index in [1.807, 2.05) is 44.3 Å². The molecule has 0 saturated carbocycles. The van der Waals surface area contributed by atoms with Gasteiger partial charge in [-0.05, 0) is 19.1 Å². The molecule has 1 aromatic heterocycles. The van der Waals surface area contributed by atoms with E-state index in [9.17, 15) is 0 Å². The van der Waals surface area contributed by atoms with Crippen molar-refractivity contribution >= 4 is 5.82 Å². The Labute approximate surface area is 101 Å². The van der Waals surface area contributed by atoms with Crippen molar-refractivity contribution in [3.63, 3.8) is 0 Å². The Hall–Kier alpha value is -2.10. The van der Waals surface area contributed by atoms with Gasteiger partial charge in [-0.25, -0.2) is 9.97 Å². The van der Waals surface area contributed by atoms with Crippen molar-refractivity contribution in [2.45, 2.75) is 6.92 Å². The van der Waals surface area contributed by atoms with Gasteiger partial charge < -0.3 is 10.1 Å². The minimum absolute atomic E-state index is 0.702. The Morgan fingerprint density at radius 1 is 1.18 bits per heavy atom. The number of aromatic nitrogens is 2. The molecular formula is C13H15N3O. The van der Waals surface area contributed by atoms with Gasteiger partial charge in [-0.15, -0.1) is 0 Å². The summed E-state index contributed by atoms with van der Waals surface area (Å²) in [5.41, 5.74) is 1.88. The quantitative estimate of drug-likeness (QED) is 0.878. The first-order valence-corrected chi connectivity index (χ1v) is 5.41. The van der Waals surface area contributed by atoms with Gasteiger partial charge in [-0.2, -0.15) is 0 Å². The zero-order chi connectivity index (χ0) is 12.3. The van der Waals surface area contributed by atoms with Crippen LogP contribution in [0, 0.1) is 6.92 Å². The summed E-state index contributed by atoms with van der Waals surface area (Å²) >= 11 is 0. The second-order valence-electron chi connectivity index (χ2n) is 3.70. The van der Waals surface area contributed by atoms with E-state index in [1.165, 1.54) is 0 Å². The third-order valence-corrected chi connectivity index (χ3v) is 2.44. The van der Waals surface area contributed by atoms with Gasteiger partial charge in [0.1, 0.15) is 11.6 Å². The number of hydrogen-bond donors (Lipinski definition) is 1. The van der Waals surface area contributed by atoms with Gasteiger partial charge >= 0.3 is 0 Å². The van der Waals surface area contributed by atoms with E-state index >= 15 is 0 Å². The summed E-state index contributed by atoms with van der Waals surface area (Å²) in [6.07, 6.45) is 0. The average Bonchev–Trinajstić information content (AvgIpc) is 2.38. The number of rotatable bonds is 3. The lowest BCUT2D eigenvalue weighted by molar-refractivity contribution is 0.415. The highest BCUT2D eigenvalue weighted by atomic mass is 16.5. The van der Waals surface area contributed by atoms with Gasteiger partial charge in [0.15, 0.2) is 5.82 Å². The number of aryl methyl sites for hydroxylation is 1. The largest absolute Gasteiger partial charge is 0.497 e. The Bertz CT molecular complexity index is 526. The third kappa shape index (κ3) is 2.53. The van der Waals surface area contributed by atoms with E-state index in [-0.39, 0.29) is 0 Å². The van der Waals surface area contributed by atoms with Crippen molar-refractivity contribution in [2.75, 3.05) is 19.5 Å². The molecule has 0 unspecified atom stereocenters. The van der Waals surface area contributed by atoms with Crippen LogP contribution in [-0.4, -0.2) is 24.1 Å². The van der Waals surface area contributed by atoms with Gasteiger partial charge in [0.25, 0.3) is 0 Å². The maximum atomic E-state index is 5.19. The molecule has 4 nitrogen and oxygen atoms in total. The van der Waals surface area contributed by atoms with E-state index in [2.05, 4.69) is 15.3 Å². The summed E-state index contributed by atoms with van der Waals surface area (Å²) in [5, 5.41) is 3.02. The van der Waals surface area contributed by atoms with Crippen LogP contribution >= 0.6 is 0 Å². The summed E-state index contributed by atoms with van der Waals surface area (Å²) in [6, 6.07) is 9.63. The topological polar surface area (TPSA) is 47.0 Å². The van der Waals surface area contributed by atoms with Crippen molar-refractivity contribution < 1.29 is 4.74 Å². The molecule has 0 aliphatic carbocycles. The number of nitrogens with one attached hydrogen (secondary N) is 1. The van der Waals surface area contributed by atoms with Gasteiger partial charge in [-0.1, -0.05) is 12.1 Å². The molecular weight excluding hydrogens is 214 g/mol. The van der Waals surface area contributed by atoms with Crippen molar-refractivity contribution in [3.05, 3.63) is 36.0 Å². The summed E-state index contributed by atoms with van der Waals surface area (Å²) in [6.45, 7) is 1.95. The normalized spacial score (nSPS) is 10.1. The molecule has 1 aromatic carbocycles. The molecule has 88 valence electrons. The number of ether oxygens (including phenoxy) is 1. The van der Waals surface area contributed by atoms with Crippen LogP contribution < -0.4 is 10.1 Å². The SMILES string of the molecule is CNc1cc(C)nc(-c2cccc(OC)c2)n1. The highest BCUT2D eigenvalue weighted by molar-refractivity contribution is 5.59. The minimum Gasteiger partial charge on any atom is -0.497 e. The van der Waals surface area contributed by atoms with E-state index in [0.29, 0.717) is 5.82 Å². The minimum atomic E-state index is 0.702. The Morgan fingerprint density at radius 2 is 2.00 bits per heavy atom. The van der Waals surface area contributed by atoms with E-state index in [4.69, 9.17) is 4.74 Å². The first-order chi connectivity index (χ1) is 8.22. The number of hydrogen-bond acceptors (Lipinski definition) is 4. The molecule has 4 heteroatoms. The van der Waals surface area contributed by atoms with Crippen LogP contribution in [0.5, 0.6) is 5.75 Å². The molecule has 0 aliphatic rings. The van der Waals surface area contributed by atoms with Crippen LogP contribution in [-0.2, 0) is 0 Å². The fourth-order valence-corrected chi connectivity index (χ4v) is 1.59. The van der Waals surface area contributed by atoms with E-state index < -0.39 is 0 Å². The number of benzene rings is 1. The molecule has 0 amide bonds. The smallest absolute Gasteiger partial charge is 0.161 e. The molecule has 1 N–H and O–H groups in total. The monoisotopic (exact) mass is 229 g/mol. The summed E-state index contributed by atoms with van der Waals surface area (Å²) in [7, 11) is 3.49. The van der Waals surface area contributed by atoms with Crippen LogP contribution in [0.15, 0.2) is 30.3 Å². The third-order valence-electron chi connectivity index (χ3n) is 2.44. The van der Waals surface area contributed by atoms with E-state index in [1.54, 1.807) is 7.11 Å². The maximum Gasteiger partial charge on any atom is 0.161 e. The molecule has 0 radical (unpaired) electrons. The zero-order valence-corrected chi connectivity index (χ0v) is 10.2. The van der Waals surface area contributed by atoms with Crippen LogP contribution in [0.25, 0.3) is 11.4 Å². The zero-order valence-electron chi connectivity index (χ0n) is 10.2. The van der Waals surface area contributed by atoms with Crippen LogP contribution in [0.2, 0.25) is 0 Å². The van der Waals surface area contributed by atoms with Crippen molar-refractivity contribution in [3.8, 4) is 17.1 Å². The van der Waals surface area contributed by atoms with Crippen LogP contribution in [0.1, 0.15) is 5.69 Å². The second-order valence-corrected chi connectivity index (χ2v) is 3.70. The fraction of sp³-hybridized carbons (Fsp3) is 0.231. The predicted octanol–water partition coefficient (Wildman–Crippen LogP) is 2.50. The molecule has 0 aliphatic heterocycles. The van der Waals surface area contributed by atoms with Crippen LogP contribution in [0.3, 0.4) is 0 Å². The number of methoxy groups -OCH3 is 1. The Balaban J connectivity index is 2.47. The summed E-state index contributed by atoms with van der Waals surface area (Å²) in [4.78, 5) is 8.84. The van der Waals surface area contributed by atoms with Crippen molar-refractivity contribution in [1.29, 1.82) is 0 Å². The van der Waals surface area contributed by atoms with Crippen molar-refractivity contribution in [2.24, 2.45) is 0 Å². The molecule has 2 aromatic rings. The van der Waals surface area contributed by atoms with Crippen LogP contribution in [0.4, 0.5) is 5.82 Å². The first kappa shape index (κ1) is 11.4. The Kier molecular flexibility index (Phi) is 3.23. The van der Waals surface area contributed by atoms with Crippen molar-refractivity contribution in [1.82, 2.24) is 9.97 Å². The molecule has 1 heterocycles. The number of nitrogens with zero attached hydrogens (tertiary/aromatic N) is 2. The Morgan fingerprint density at radius 3 is 2.71 bits per heavy atom. The lowest BCUT2D eigenvalue weighted by Crippen LogP contribution is -1.98. The van der Waals surface area contributed by atoms with Gasteiger partial charge in [0, 0.05) is 24.4 Å². The van der Waals surface area contributed by atoms with Gasteiger partial charge in [0.2, 0.25) is 0 Å². The van der Waals surface area contributed by atoms with Gasteiger partial charge in [-0.3, -0.25) is 0 Å². The fourth-order valence-electron chi connectivity index (χ4n) is 1.59. The molecule has 0 spiro atoms. The molecule has 0 atom stereocenters. The molecule has 0 saturated heterocycles. The molecule has 17 heavy (non-hydrogen) atoms. The molecule has 0 bridgehead atoms. The lowest BCUT2D eigenvalue weighted by Gasteiger charge is -2.06. The lowest BCUT2D eigenvalue weighted by atomic mass is 10.2. The molecule has 2 rings (SSSR count). The average molecular weight is 229 g/mol. The van der Waals surface area contributed by atoms with E-state index in [0.717, 1.165) is 22.8 Å². The summed E-state index contributed by atoms with van der Waals surface area (Å²) < 4.78 is 5.19. The predicted molar refractivity (Wildman–Crippen MR) is 68.3 cm³/mol. The highest BCUT2D eigenvalue weighted by Gasteiger charge is 2.05. The highest BCUT2D eigenvalue weighted by Crippen LogP contribution is 2.22.